The predicted octanol–water partition coefficient (Wildman–Crippen LogP) is 4.21. The first-order valence-corrected chi connectivity index (χ1v) is 6.63. The maximum atomic E-state index is 10.2. The fourth-order valence-electron chi connectivity index (χ4n) is 2.14. The summed E-state index contributed by atoms with van der Waals surface area (Å²) in [4.78, 5) is 0. The second-order valence-electron chi connectivity index (χ2n) is 5.26. The Morgan fingerprint density at radius 3 is 2.47 bits per heavy atom. The molecule has 1 aromatic heterocycles. The van der Waals surface area contributed by atoms with E-state index in [4.69, 9.17) is 0 Å². The van der Waals surface area contributed by atoms with Gasteiger partial charge in [-0.3, -0.25) is 0 Å². The van der Waals surface area contributed by atoms with Gasteiger partial charge in [-0.05, 0) is 45.9 Å². The molecule has 0 aliphatic heterocycles. The molecule has 17 heavy (non-hydrogen) atoms. The summed E-state index contributed by atoms with van der Waals surface area (Å²) in [5, 5.41) is 11.4. The monoisotopic (exact) mass is 295 g/mol. The Hall–Kier alpha value is -0.800. The third kappa shape index (κ3) is 2.26. The van der Waals surface area contributed by atoms with Gasteiger partial charge in [0.2, 0.25) is 0 Å². The lowest BCUT2D eigenvalue weighted by Crippen LogP contribution is -2.14. The van der Waals surface area contributed by atoms with Crippen LogP contribution in [-0.2, 0) is 5.60 Å². The molecule has 1 N–H and O–H groups in total. The van der Waals surface area contributed by atoms with Crippen molar-refractivity contribution in [1.29, 1.82) is 0 Å². The summed E-state index contributed by atoms with van der Waals surface area (Å²) in [7, 11) is 0. The van der Waals surface area contributed by atoms with E-state index < -0.39 is 5.60 Å². The van der Waals surface area contributed by atoms with E-state index in [9.17, 15) is 5.11 Å². The summed E-state index contributed by atoms with van der Waals surface area (Å²) in [6, 6.07) is 6.58. The van der Waals surface area contributed by atoms with E-state index >= 15 is 0 Å². The number of fused-ring (bicyclic) bond motifs is 1. The van der Waals surface area contributed by atoms with Crippen LogP contribution < -0.4 is 0 Å². The van der Waals surface area contributed by atoms with E-state index in [0.29, 0.717) is 6.04 Å². The Morgan fingerprint density at radius 1 is 1.29 bits per heavy atom. The molecule has 0 spiro atoms. The van der Waals surface area contributed by atoms with Crippen LogP contribution in [-0.4, -0.2) is 9.67 Å². The minimum Gasteiger partial charge on any atom is -0.386 e. The summed E-state index contributed by atoms with van der Waals surface area (Å²) in [5.74, 6) is 0. The lowest BCUT2D eigenvalue weighted by Gasteiger charge is -2.16. The summed E-state index contributed by atoms with van der Waals surface area (Å²) in [6.45, 7) is 7.95. The van der Waals surface area contributed by atoms with E-state index in [-0.39, 0.29) is 0 Å². The standard InChI is InChI=1S/C14H18BrNO/c1-9(2)16-8-12(14(3,4)17)11-7-10(15)5-6-13(11)16/h5-9,17H,1-4H3. The fraction of sp³-hybridized carbons (Fsp3) is 0.429. The summed E-state index contributed by atoms with van der Waals surface area (Å²) >= 11 is 3.49. The van der Waals surface area contributed by atoms with Crippen LogP contribution in [0.4, 0.5) is 0 Å². The van der Waals surface area contributed by atoms with Gasteiger partial charge in [-0.15, -0.1) is 0 Å². The van der Waals surface area contributed by atoms with Crippen molar-refractivity contribution in [3.63, 3.8) is 0 Å². The topological polar surface area (TPSA) is 25.2 Å². The molecule has 0 aliphatic rings. The molecule has 2 nitrogen and oxygen atoms in total. The molecular formula is C14H18BrNO. The number of benzene rings is 1. The van der Waals surface area contributed by atoms with Crippen LogP contribution in [0.3, 0.4) is 0 Å². The van der Waals surface area contributed by atoms with Gasteiger partial charge in [-0.2, -0.15) is 0 Å². The molecule has 0 amide bonds. The molecular weight excluding hydrogens is 278 g/mol. The second-order valence-corrected chi connectivity index (χ2v) is 6.18. The highest BCUT2D eigenvalue weighted by Gasteiger charge is 2.22. The SMILES string of the molecule is CC(C)n1cc(C(C)(C)O)c2cc(Br)ccc21. The van der Waals surface area contributed by atoms with E-state index in [0.717, 1.165) is 15.4 Å². The van der Waals surface area contributed by atoms with Gasteiger partial charge in [-0.1, -0.05) is 15.9 Å². The summed E-state index contributed by atoms with van der Waals surface area (Å²) in [6.07, 6.45) is 2.06. The largest absolute Gasteiger partial charge is 0.386 e. The zero-order valence-electron chi connectivity index (χ0n) is 10.7. The molecule has 3 heteroatoms. The van der Waals surface area contributed by atoms with Crippen molar-refractivity contribution in [3.05, 3.63) is 34.4 Å². The maximum absolute atomic E-state index is 10.2. The highest BCUT2D eigenvalue weighted by atomic mass is 79.9. The predicted molar refractivity (Wildman–Crippen MR) is 75.3 cm³/mol. The highest BCUT2D eigenvalue weighted by Crippen LogP contribution is 2.33. The van der Waals surface area contributed by atoms with Crippen molar-refractivity contribution in [2.24, 2.45) is 0 Å². The molecule has 0 saturated heterocycles. The fourth-order valence-corrected chi connectivity index (χ4v) is 2.50. The molecule has 0 aliphatic carbocycles. The van der Waals surface area contributed by atoms with Crippen LogP contribution in [0.15, 0.2) is 28.9 Å². The Morgan fingerprint density at radius 2 is 1.94 bits per heavy atom. The smallest absolute Gasteiger partial charge is 0.0861 e. The Bertz CT molecular complexity index is 549. The van der Waals surface area contributed by atoms with Crippen LogP contribution in [0, 0.1) is 0 Å². The van der Waals surface area contributed by atoms with Gasteiger partial charge in [0.05, 0.1) is 5.60 Å². The second kappa shape index (κ2) is 4.14. The molecule has 92 valence electrons. The van der Waals surface area contributed by atoms with Crippen molar-refractivity contribution in [2.75, 3.05) is 0 Å². The third-order valence-electron chi connectivity index (χ3n) is 3.01. The number of hydrogen-bond donors (Lipinski definition) is 1. The number of nitrogens with zero attached hydrogens (tertiary/aromatic N) is 1. The van der Waals surface area contributed by atoms with Crippen LogP contribution in [0.1, 0.15) is 39.3 Å². The van der Waals surface area contributed by atoms with Crippen LogP contribution >= 0.6 is 15.9 Å². The molecule has 0 fully saturated rings. The molecule has 0 bridgehead atoms. The average Bonchev–Trinajstić information content (AvgIpc) is 2.55. The van der Waals surface area contributed by atoms with Gasteiger partial charge in [0.25, 0.3) is 0 Å². The first-order valence-electron chi connectivity index (χ1n) is 5.83. The van der Waals surface area contributed by atoms with E-state index in [1.165, 1.54) is 5.52 Å². The van der Waals surface area contributed by atoms with Crippen LogP contribution in [0.2, 0.25) is 0 Å². The number of rotatable bonds is 2. The number of aromatic nitrogens is 1. The van der Waals surface area contributed by atoms with Crippen LogP contribution in [0.25, 0.3) is 10.9 Å². The van der Waals surface area contributed by atoms with Gasteiger partial charge in [0, 0.05) is 33.2 Å². The Balaban J connectivity index is 2.80. The number of halogens is 1. The van der Waals surface area contributed by atoms with Gasteiger partial charge in [-0.25, -0.2) is 0 Å². The normalized spacial score (nSPS) is 12.6. The minimum atomic E-state index is -0.820. The van der Waals surface area contributed by atoms with E-state index in [2.05, 4.69) is 52.7 Å². The number of hydrogen-bond acceptors (Lipinski definition) is 1. The van der Waals surface area contributed by atoms with Crippen molar-refractivity contribution in [3.8, 4) is 0 Å². The first kappa shape index (κ1) is 12.7. The van der Waals surface area contributed by atoms with E-state index in [1.807, 2.05) is 19.9 Å². The highest BCUT2D eigenvalue weighted by molar-refractivity contribution is 9.10. The molecule has 2 aromatic rings. The maximum Gasteiger partial charge on any atom is 0.0861 e. The van der Waals surface area contributed by atoms with Gasteiger partial charge in [0.1, 0.15) is 0 Å². The molecule has 0 saturated carbocycles. The van der Waals surface area contributed by atoms with Crippen LogP contribution in [0.5, 0.6) is 0 Å². The zero-order valence-corrected chi connectivity index (χ0v) is 12.2. The quantitative estimate of drug-likeness (QED) is 0.882. The van der Waals surface area contributed by atoms with Gasteiger partial charge < -0.3 is 9.67 Å². The molecule has 0 atom stereocenters. The Kier molecular flexibility index (Phi) is 3.08. The molecule has 0 unspecified atom stereocenters. The lowest BCUT2D eigenvalue weighted by atomic mass is 9.98. The lowest BCUT2D eigenvalue weighted by molar-refractivity contribution is 0.0799. The van der Waals surface area contributed by atoms with Crippen molar-refractivity contribution < 1.29 is 5.11 Å². The third-order valence-corrected chi connectivity index (χ3v) is 3.50. The first-order chi connectivity index (χ1) is 7.80. The molecule has 2 rings (SSSR count). The summed E-state index contributed by atoms with van der Waals surface area (Å²) in [5.41, 5.74) is 1.32. The van der Waals surface area contributed by atoms with Gasteiger partial charge >= 0.3 is 0 Å². The molecule has 1 heterocycles. The van der Waals surface area contributed by atoms with Crippen molar-refractivity contribution in [1.82, 2.24) is 4.57 Å². The average molecular weight is 296 g/mol. The summed E-state index contributed by atoms with van der Waals surface area (Å²) < 4.78 is 3.24. The zero-order chi connectivity index (χ0) is 12.8. The minimum absolute atomic E-state index is 0.384. The van der Waals surface area contributed by atoms with E-state index in [1.54, 1.807) is 0 Å². The Labute approximate surface area is 110 Å². The van der Waals surface area contributed by atoms with Crippen molar-refractivity contribution >= 4 is 26.8 Å². The van der Waals surface area contributed by atoms with Crippen molar-refractivity contribution in [2.45, 2.75) is 39.3 Å². The molecule has 1 aromatic carbocycles. The molecule has 0 radical (unpaired) electrons. The van der Waals surface area contributed by atoms with Gasteiger partial charge in [0.15, 0.2) is 0 Å². The number of aliphatic hydroxyl groups is 1.